The van der Waals surface area contributed by atoms with Gasteiger partial charge in [0.25, 0.3) is 0 Å². The van der Waals surface area contributed by atoms with E-state index < -0.39 is 0 Å². The van der Waals surface area contributed by atoms with Gasteiger partial charge in [0.1, 0.15) is 5.82 Å². The van der Waals surface area contributed by atoms with Crippen molar-refractivity contribution in [3.05, 3.63) is 61.1 Å². The highest BCUT2D eigenvalue weighted by Gasteiger charge is 2.09. The lowest BCUT2D eigenvalue weighted by atomic mass is 10.1. The molecule has 0 radical (unpaired) electrons. The molecule has 5 nitrogen and oxygen atoms in total. The second-order valence-electron chi connectivity index (χ2n) is 4.67. The van der Waals surface area contributed by atoms with Crippen molar-refractivity contribution in [3.63, 3.8) is 0 Å². The molecule has 4 aromatic rings. The van der Waals surface area contributed by atoms with Crippen LogP contribution < -0.4 is 0 Å². The molecule has 0 unspecified atom stereocenters. The van der Waals surface area contributed by atoms with E-state index in [0.717, 1.165) is 27.7 Å². The summed E-state index contributed by atoms with van der Waals surface area (Å²) in [4.78, 5) is 3.08. The summed E-state index contributed by atoms with van der Waals surface area (Å²) in [7, 11) is 0. The third-order valence-electron chi connectivity index (χ3n) is 3.37. The predicted molar refractivity (Wildman–Crippen MR) is 83.1 cm³/mol. The number of fused-ring (bicyclic) bond motifs is 1. The number of hydrogen-bond acceptors (Lipinski definition) is 3. The van der Waals surface area contributed by atoms with Crippen molar-refractivity contribution in [1.29, 1.82) is 0 Å². The Morgan fingerprint density at radius 1 is 1.09 bits per heavy atom. The summed E-state index contributed by atoms with van der Waals surface area (Å²) < 4.78 is 15.0. The van der Waals surface area contributed by atoms with Gasteiger partial charge in [0.05, 0.1) is 24.3 Å². The molecule has 6 heteroatoms. The van der Waals surface area contributed by atoms with Crippen LogP contribution in [0.2, 0.25) is 0 Å². The Balaban J connectivity index is 0.00000144. The molecule has 0 saturated heterocycles. The van der Waals surface area contributed by atoms with Crippen LogP contribution in [-0.4, -0.2) is 25.0 Å². The molecule has 0 aliphatic rings. The first-order valence-electron chi connectivity index (χ1n) is 6.40. The van der Waals surface area contributed by atoms with Crippen molar-refractivity contribution >= 4 is 10.9 Å². The predicted octanol–water partition coefficient (Wildman–Crippen LogP) is 3.59. The number of H-pyrrole nitrogens is 1. The SMILES string of the molecule is C.Fc1ccc2c(-c3cnn(-c4ccnnc4)c3)c[nH]c2c1. The van der Waals surface area contributed by atoms with Gasteiger partial charge in [-0.05, 0) is 24.3 Å². The van der Waals surface area contributed by atoms with E-state index in [2.05, 4.69) is 20.3 Å². The highest BCUT2D eigenvalue weighted by molar-refractivity contribution is 5.95. The number of hydrogen-bond donors (Lipinski definition) is 1. The van der Waals surface area contributed by atoms with E-state index >= 15 is 0 Å². The Bertz CT molecular complexity index is 911. The summed E-state index contributed by atoms with van der Waals surface area (Å²) in [5.41, 5.74) is 3.54. The van der Waals surface area contributed by atoms with Crippen molar-refractivity contribution in [2.75, 3.05) is 0 Å². The zero-order valence-corrected chi connectivity index (χ0v) is 10.9. The molecule has 1 aromatic carbocycles. The summed E-state index contributed by atoms with van der Waals surface area (Å²) >= 11 is 0. The second-order valence-corrected chi connectivity index (χ2v) is 4.67. The normalized spacial score (nSPS) is 10.6. The van der Waals surface area contributed by atoms with Crippen LogP contribution in [0, 0.1) is 5.82 Å². The molecule has 0 fully saturated rings. The van der Waals surface area contributed by atoms with Gasteiger partial charge in [-0.1, -0.05) is 7.43 Å². The minimum absolute atomic E-state index is 0. The summed E-state index contributed by atoms with van der Waals surface area (Å²) in [6.07, 6.45) is 8.79. The fourth-order valence-corrected chi connectivity index (χ4v) is 2.36. The van der Waals surface area contributed by atoms with Crippen LogP contribution in [0.25, 0.3) is 27.7 Å². The van der Waals surface area contributed by atoms with Gasteiger partial charge in [0.15, 0.2) is 0 Å². The van der Waals surface area contributed by atoms with E-state index in [0.29, 0.717) is 0 Å². The van der Waals surface area contributed by atoms with Gasteiger partial charge in [0, 0.05) is 34.4 Å². The number of halogens is 1. The highest BCUT2D eigenvalue weighted by Crippen LogP contribution is 2.29. The van der Waals surface area contributed by atoms with E-state index in [-0.39, 0.29) is 13.2 Å². The van der Waals surface area contributed by atoms with Crippen LogP contribution in [0.3, 0.4) is 0 Å². The fourth-order valence-electron chi connectivity index (χ4n) is 2.36. The third-order valence-corrected chi connectivity index (χ3v) is 3.37. The molecule has 0 spiro atoms. The average Bonchev–Trinajstić information content (AvgIpc) is 3.13. The van der Waals surface area contributed by atoms with E-state index in [1.807, 2.05) is 18.5 Å². The fraction of sp³-hybridized carbons (Fsp3) is 0.0625. The number of benzene rings is 1. The summed E-state index contributed by atoms with van der Waals surface area (Å²) in [5, 5.41) is 12.9. The van der Waals surface area contributed by atoms with Crippen LogP contribution in [0.15, 0.2) is 55.2 Å². The van der Waals surface area contributed by atoms with Gasteiger partial charge in [-0.25, -0.2) is 9.07 Å². The Morgan fingerprint density at radius 3 is 2.82 bits per heavy atom. The molecule has 0 bridgehead atoms. The largest absolute Gasteiger partial charge is 0.360 e. The third kappa shape index (κ3) is 2.24. The lowest BCUT2D eigenvalue weighted by Crippen LogP contribution is -1.94. The van der Waals surface area contributed by atoms with Crippen LogP contribution in [0.4, 0.5) is 4.39 Å². The molecule has 0 aliphatic carbocycles. The molecule has 3 heterocycles. The number of nitrogens with zero attached hydrogens (tertiary/aromatic N) is 4. The number of rotatable bonds is 2. The first-order valence-corrected chi connectivity index (χ1v) is 6.40. The van der Waals surface area contributed by atoms with E-state index in [1.54, 1.807) is 29.3 Å². The highest BCUT2D eigenvalue weighted by atomic mass is 19.1. The van der Waals surface area contributed by atoms with Gasteiger partial charge in [-0.15, -0.1) is 0 Å². The van der Waals surface area contributed by atoms with Gasteiger partial charge >= 0.3 is 0 Å². The summed E-state index contributed by atoms with van der Waals surface area (Å²) in [6, 6.07) is 6.53. The van der Waals surface area contributed by atoms with Gasteiger partial charge in [-0.3, -0.25) is 0 Å². The molecule has 0 atom stereocenters. The first kappa shape index (κ1) is 13.9. The molecule has 0 saturated carbocycles. The number of nitrogens with one attached hydrogen (secondary N) is 1. The van der Waals surface area contributed by atoms with Gasteiger partial charge in [-0.2, -0.15) is 15.3 Å². The van der Waals surface area contributed by atoms with Crippen LogP contribution >= 0.6 is 0 Å². The second kappa shape index (κ2) is 5.40. The quantitative estimate of drug-likeness (QED) is 0.615. The Morgan fingerprint density at radius 2 is 2.00 bits per heavy atom. The molecule has 0 aliphatic heterocycles. The first-order chi connectivity index (χ1) is 10.3. The van der Waals surface area contributed by atoms with Crippen molar-refractivity contribution in [3.8, 4) is 16.8 Å². The monoisotopic (exact) mass is 295 g/mol. The molecular weight excluding hydrogens is 281 g/mol. The molecule has 22 heavy (non-hydrogen) atoms. The van der Waals surface area contributed by atoms with Crippen LogP contribution in [0.5, 0.6) is 0 Å². The van der Waals surface area contributed by atoms with E-state index in [9.17, 15) is 4.39 Å². The number of aromatic nitrogens is 5. The zero-order chi connectivity index (χ0) is 14.2. The lowest BCUT2D eigenvalue weighted by Gasteiger charge is -1.98. The minimum atomic E-state index is -0.255. The standard InChI is InChI=1S/C15H10FN5.CH4/c16-11-1-2-13-14(8-17-15(13)5-11)10-6-20-21(9-10)12-3-4-18-19-7-12;/h1-9,17H;1H4. The van der Waals surface area contributed by atoms with Crippen molar-refractivity contribution in [2.24, 2.45) is 0 Å². The summed E-state index contributed by atoms with van der Waals surface area (Å²) in [6.45, 7) is 0. The van der Waals surface area contributed by atoms with Crippen LogP contribution in [-0.2, 0) is 0 Å². The maximum Gasteiger partial charge on any atom is 0.125 e. The van der Waals surface area contributed by atoms with Crippen LogP contribution in [0.1, 0.15) is 7.43 Å². The molecule has 110 valence electrons. The topological polar surface area (TPSA) is 59.4 Å². The van der Waals surface area contributed by atoms with E-state index in [1.165, 1.54) is 12.1 Å². The maximum atomic E-state index is 13.2. The average molecular weight is 295 g/mol. The van der Waals surface area contributed by atoms with Crippen molar-refractivity contribution in [2.45, 2.75) is 7.43 Å². The smallest absolute Gasteiger partial charge is 0.125 e. The molecule has 3 aromatic heterocycles. The molecule has 1 N–H and O–H groups in total. The summed E-state index contributed by atoms with van der Waals surface area (Å²) in [5.74, 6) is -0.255. The zero-order valence-electron chi connectivity index (χ0n) is 10.9. The molecule has 0 amide bonds. The van der Waals surface area contributed by atoms with Gasteiger partial charge in [0.2, 0.25) is 0 Å². The van der Waals surface area contributed by atoms with Crippen molar-refractivity contribution < 1.29 is 4.39 Å². The lowest BCUT2D eigenvalue weighted by molar-refractivity contribution is 0.629. The maximum absolute atomic E-state index is 13.2. The Hall–Kier alpha value is -3.02. The molecular formula is C16H14FN5. The minimum Gasteiger partial charge on any atom is -0.360 e. The number of aromatic amines is 1. The Labute approximate surface area is 126 Å². The Kier molecular flexibility index (Phi) is 3.42. The van der Waals surface area contributed by atoms with Crippen molar-refractivity contribution in [1.82, 2.24) is 25.0 Å². The molecule has 4 rings (SSSR count). The van der Waals surface area contributed by atoms with E-state index in [4.69, 9.17) is 0 Å². The van der Waals surface area contributed by atoms with Gasteiger partial charge < -0.3 is 4.98 Å².